The number of aromatic nitrogens is 2. The lowest BCUT2D eigenvalue weighted by atomic mass is 10.1. The number of carbonyl (C=O) groups excluding carboxylic acids is 2. The van der Waals surface area contributed by atoms with Crippen molar-refractivity contribution in [2.45, 2.75) is 19.6 Å². The van der Waals surface area contributed by atoms with Crippen LogP contribution in [0.25, 0.3) is 22.2 Å². The van der Waals surface area contributed by atoms with Crippen LogP contribution in [0.1, 0.15) is 6.92 Å². The number of nitrogens with zero attached hydrogens (tertiary/aromatic N) is 2. The Kier molecular flexibility index (Phi) is 5.61. The SMILES string of the molecule is C[C@@H](OC(=O)Cn1nc(-c2ccccc2)oc1=O)C(=O)Nc1ccc2ccccc2c1. The molecule has 1 N–H and O–H groups in total. The van der Waals surface area contributed by atoms with Gasteiger partial charge in [-0.05, 0) is 42.0 Å². The molecular formula is C23H19N3O5. The number of hydrogen-bond acceptors (Lipinski definition) is 6. The van der Waals surface area contributed by atoms with E-state index in [0.29, 0.717) is 11.3 Å². The Bertz CT molecular complexity index is 1290. The summed E-state index contributed by atoms with van der Waals surface area (Å²) < 4.78 is 11.1. The first-order valence-corrected chi connectivity index (χ1v) is 9.62. The molecule has 0 saturated carbocycles. The molecule has 156 valence electrons. The molecule has 31 heavy (non-hydrogen) atoms. The van der Waals surface area contributed by atoms with Crippen LogP contribution < -0.4 is 11.1 Å². The fraction of sp³-hybridized carbons (Fsp3) is 0.130. The molecule has 0 saturated heterocycles. The van der Waals surface area contributed by atoms with E-state index >= 15 is 0 Å². The highest BCUT2D eigenvalue weighted by Gasteiger charge is 2.20. The van der Waals surface area contributed by atoms with Crippen molar-refractivity contribution >= 4 is 28.3 Å². The zero-order valence-electron chi connectivity index (χ0n) is 16.6. The molecule has 4 rings (SSSR count). The maximum absolute atomic E-state index is 12.4. The van der Waals surface area contributed by atoms with Gasteiger partial charge < -0.3 is 14.5 Å². The number of benzene rings is 3. The minimum atomic E-state index is -1.06. The average Bonchev–Trinajstić information content (AvgIpc) is 3.14. The lowest BCUT2D eigenvalue weighted by Gasteiger charge is -2.13. The number of esters is 1. The maximum atomic E-state index is 12.4. The van der Waals surface area contributed by atoms with Crippen LogP contribution in [0.2, 0.25) is 0 Å². The van der Waals surface area contributed by atoms with Crippen LogP contribution >= 0.6 is 0 Å². The molecule has 0 fully saturated rings. The lowest BCUT2D eigenvalue weighted by molar-refractivity contribution is -0.154. The van der Waals surface area contributed by atoms with Gasteiger partial charge in [0.15, 0.2) is 6.10 Å². The molecule has 4 aromatic rings. The Morgan fingerprint density at radius 3 is 2.52 bits per heavy atom. The standard InChI is InChI=1S/C23H19N3O5/c1-15(21(28)24-19-12-11-16-7-5-6-10-18(16)13-19)30-20(27)14-26-23(29)31-22(25-26)17-8-3-2-4-9-17/h2-13,15H,14H2,1H3,(H,24,28)/t15-/m1/s1. The third kappa shape index (κ3) is 4.69. The first kappa shape index (κ1) is 20.1. The van der Waals surface area contributed by atoms with Crippen molar-refractivity contribution in [3.63, 3.8) is 0 Å². The third-order valence-electron chi connectivity index (χ3n) is 4.60. The fourth-order valence-electron chi connectivity index (χ4n) is 3.02. The van der Waals surface area contributed by atoms with E-state index in [9.17, 15) is 14.4 Å². The van der Waals surface area contributed by atoms with E-state index < -0.39 is 30.3 Å². The second-order valence-corrected chi connectivity index (χ2v) is 6.88. The molecule has 0 bridgehead atoms. The van der Waals surface area contributed by atoms with Crippen molar-refractivity contribution < 1.29 is 18.7 Å². The smallest absolute Gasteiger partial charge is 0.437 e. The van der Waals surface area contributed by atoms with Gasteiger partial charge in [-0.25, -0.2) is 4.79 Å². The number of fused-ring (bicyclic) bond motifs is 1. The summed E-state index contributed by atoms with van der Waals surface area (Å²) in [6.07, 6.45) is -1.06. The molecule has 0 aliphatic heterocycles. The molecular weight excluding hydrogens is 398 g/mol. The predicted molar refractivity (Wildman–Crippen MR) is 114 cm³/mol. The van der Waals surface area contributed by atoms with E-state index in [1.807, 2.05) is 42.5 Å². The monoisotopic (exact) mass is 417 g/mol. The molecule has 1 heterocycles. The zero-order chi connectivity index (χ0) is 21.8. The first-order chi connectivity index (χ1) is 15.0. The normalized spacial score (nSPS) is 11.8. The summed E-state index contributed by atoms with van der Waals surface area (Å²) in [6, 6.07) is 22.1. The minimum absolute atomic E-state index is 0.0977. The maximum Gasteiger partial charge on any atom is 0.437 e. The second kappa shape index (κ2) is 8.66. The summed E-state index contributed by atoms with van der Waals surface area (Å²) in [5.74, 6) is -1.96. The molecule has 0 aliphatic carbocycles. The number of ether oxygens (including phenoxy) is 1. The highest BCUT2D eigenvalue weighted by molar-refractivity contribution is 5.97. The number of rotatable bonds is 6. The number of anilines is 1. The highest BCUT2D eigenvalue weighted by Crippen LogP contribution is 2.19. The van der Waals surface area contributed by atoms with Crippen molar-refractivity contribution in [3.8, 4) is 11.5 Å². The summed E-state index contributed by atoms with van der Waals surface area (Å²) >= 11 is 0. The van der Waals surface area contributed by atoms with Gasteiger partial charge in [-0.15, -0.1) is 5.10 Å². The molecule has 0 unspecified atom stereocenters. The summed E-state index contributed by atoms with van der Waals surface area (Å²) in [5.41, 5.74) is 1.20. The van der Waals surface area contributed by atoms with Crippen LogP contribution in [0.5, 0.6) is 0 Å². The summed E-state index contributed by atoms with van der Waals surface area (Å²) in [5, 5.41) is 8.75. The third-order valence-corrected chi connectivity index (χ3v) is 4.60. The number of nitrogens with one attached hydrogen (secondary N) is 1. The van der Waals surface area contributed by atoms with E-state index in [1.54, 1.807) is 30.3 Å². The largest absolute Gasteiger partial charge is 0.451 e. The van der Waals surface area contributed by atoms with Gasteiger partial charge in [-0.2, -0.15) is 4.68 Å². The second-order valence-electron chi connectivity index (χ2n) is 6.88. The zero-order valence-corrected chi connectivity index (χ0v) is 16.6. The van der Waals surface area contributed by atoms with E-state index in [1.165, 1.54) is 6.92 Å². The lowest BCUT2D eigenvalue weighted by Crippen LogP contribution is -2.32. The molecule has 0 aliphatic rings. The molecule has 8 heteroatoms. The van der Waals surface area contributed by atoms with Crippen LogP contribution in [0, 0.1) is 0 Å². The predicted octanol–water partition coefficient (Wildman–Crippen LogP) is 3.23. The summed E-state index contributed by atoms with van der Waals surface area (Å²) in [7, 11) is 0. The van der Waals surface area contributed by atoms with Gasteiger partial charge in [-0.1, -0.05) is 48.5 Å². The number of carbonyl (C=O) groups is 2. The van der Waals surface area contributed by atoms with Crippen LogP contribution in [0.4, 0.5) is 5.69 Å². The van der Waals surface area contributed by atoms with E-state index in [-0.39, 0.29) is 5.89 Å². The molecule has 0 spiro atoms. The van der Waals surface area contributed by atoms with E-state index in [2.05, 4.69) is 10.4 Å². The van der Waals surface area contributed by atoms with Gasteiger partial charge in [0.05, 0.1) is 0 Å². The van der Waals surface area contributed by atoms with Crippen molar-refractivity contribution in [1.29, 1.82) is 0 Å². The topological polar surface area (TPSA) is 103 Å². The Morgan fingerprint density at radius 1 is 1.03 bits per heavy atom. The Balaban J connectivity index is 1.37. The summed E-state index contributed by atoms with van der Waals surface area (Å²) in [6.45, 7) is 0.984. The first-order valence-electron chi connectivity index (χ1n) is 9.62. The minimum Gasteiger partial charge on any atom is -0.451 e. The molecule has 3 aromatic carbocycles. The van der Waals surface area contributed by atoms with Crippen LogP contribution in [0.15, 0.2) is 82.0 Å². The Labute approximate surface area is 177 Å². The molecule has 1 amide bonds. The van der Waals surface area contributed by atoms with Crippen LogP contribution in [0.3, 0.4) is 0 Å². The fourth-order valence-corrected chi connectivity index (χ4v) is 3.02. The average molecular weight is 417 g/mol. The Hall–Kier alpha value is -4.20. The van der Waals surface area contributed by atoms with E-state index in [4.69, 9.17) is 9.15 Å². The van der Waals surface area contributed by atoms with Crippen molar-refractivity contribution in [1.82, 2.24) is 9.78 Å². The van der Waals surface area contributed by atoms with Crippen LogP contribution in [-0.2, 0) is 20.9 Å². The quantitative estimate of drug-likeness (QED) is 0.483. The van der Waals surface area contributed by atoms with Gasteiger partial charge in [-0.3, -0.25) is 9.59 Å². The van der Waals surface area contributed by atoms with Crippen molar-refractivity contribution in [3.05, 3.63) is 83.3 Å². The van der Waals surface area contributed by atoms with Gasteiger partial charge in [0.25, 0.3) is 5.91 Å². The van der Waals surface area contributed by atoms with Crippen molar-refractivity contribution in [2.75, 3.05) is 5.32 Å². The molecule has 8 nitrogen and oxygen atoms in total. The number of amides is 1. The molecule has 1 aromatic heterocycles. The van der Waals surface area contributed by atoms with Gasteiger partial charge in [0.1, 0.15) is 6.54 Å². The molecule has 0 radical (unpaired) electrons. The van der Waals surface area contributed by atoms with Crippen molar-refractivity contribution in [2.24, 2.45) is 0 Å². The van der Waals surface area contributed by atoms with Crippen LogP contribution in [-0.4, -0.2) is 27.8 Å². The van der Waals surface area contributed by atoms with Gasteiger partial charge in [0, 0.05) is 11.3 Å². The molecule has 1 atom stereocenters. The Morgan fingerprint density at radius 2 is 1.74 bits per heavy atom. The summed E-state index contributed by atoms with van der Waals surface area (Å²) in [4.78, 5) is 36.6. The highest BCUT2D eigenvalue weighted by atomic mass is 16.5. The number of hydrogen-bond donors (Lipinski definition) is 1. The van der Waals surface area contributed by atoms with E-state index in [0.717, 1.165) is 15.5 Å². The van der Waals surface area contributed by atoms with Gasteiger partial charge >= 0.3 is 11.7 Å². The van der Waals surface area contributed by atoms with Gasteiger partial charge in [0.2, 0.25) is 5.89 Å².